The van der Waals surface area contributed by atoms with Gasteiger partial charge in [0, 0.05) is 6.54 Å². The van der Waals surface area contributed by atoms with E-state index in [0.29, 0.717) is 12.5 Å². The Balaban J connectivity index is 1.82. The molecule has 90 valence electrons. The van der Waals surface area contributed by atoms with Crippen LogP contribution >= 0.6 is 0 Å². The Hall–Kier alpha value is -1.58. The van der Waals surface area contributed by atoms with Gasteiger partial charge in [-0.3, -0.25) is 4.99 Å². The van der Waals surface area contributed by atoms with Crippen LogP contribution in [-0.4, -0.2) is 23.9 Å². The summed E-state index contributed by atoms with van der Waals surface area (Å²) in [5.74, 6) is 1.16. The Bertz CT molecular complexity index is 454. The lowest BCUT2D eigenvalue weighted by Gasteiger charge is -2.26. The quantitative estimate of drug-likeness (QED) is 0.866. The first-order valence-corrected chi connectivity index (χ1v) is 6.06. The lowest BCUT2D eigenvalue weighted by atomic mass is 10.1. The molecule has 1 heterocycles. The molecule has 1 fully saturated rings. The molecule has 0 saturated heterocycles. The highest BCUT2D eigenvalue weighted by molar-refractivity contribution is 5.80. The second kappa shape index (κ2) is 4.02. The van der Waals surface area contributed by atoms with Gasteiger partial charge in [0.25, 0.3) is 0 Å². The fourth-order valence-corrected chi connectivity index (χ4v) is 2.33. The molecule has 0 aromatic heterocycles. The topological polar surface area (TPSA) is 41.6 Å². The molecule has 3 rings (SSSR count). The van der Waals surface area contributed by atoms with Crippen molar-refractivity contribution in [2.24, 2.45) is 16.6 Å². The highest BCUT2D eigenvalue weighted by Crippen LogP contribution is 2.34. The first-order chi connectivity index (χ1) is 8.24. The minimum Gasteiger partial charge on any atom is -0.370 e. The van der Waals surface area contributed by atoms with Gasteiger partial charge in [0.1, 0.15) is 5.82 Å². The molecule has 1 unspecified atom stereocenters. The lowest BCUT2D eigenvalue weighted by molar-refractivity contribution is 0.333. The summed E-state index contributed by atoms with van der Waals surface area (Å²) in [6.45, 7) is 1.60. The number of guanidine groups is 1. The Labute approximate surface area is 100 Å². The van der Waals surface area contributed by atoms with Crippen LogP contribution in [0.2, 0.25) is 0 Å². The van der Waals surface area contributed by atoms with Crippen molar-refractivity contribution in [1.82, 2.24) is 4.90 Å². The molecule has 0 amide bonds. The van der Waals surface area contributed by atoms with Crippen molar-refractivity contribution < 1.29 is 4.39 Å². The number of halogens is 1. The van der Waals surface area contributed by atoms with Gasteiger partial charge >= 0.3 is 0 Å². The molecule has 1 aromatic carbocycles. The van der Waals surface area contributed by atoms with Gasteiger partial charge in [-0.25, -0.2) is 4.39 Å². The van der Waals surface area contributed by atoms with Crippen LogP contribution in [0.25, 0.3) is 0 Å². The van der Waals surface area contributed by atoms with E-state index in [4.69, 9.17) is 5.73 Å². The summed E-state index contributed by atoms with van der Waals surface area (Å²) in [5, 5.41) is 0. The minimum absolute atomic E-state index is 0.117. The first-order valence-electron chi connectivity index (χ1n) is 6.06. The summed E-state index contributed by atoms with van der Waals surface area (Å²) >= 11 is 0. The Morgan fingerprint density at radius 3 is 2.94 bits per heavy atom. The van der Waals surface area contributed by atoms with Crippen molar-refractivity contribution >= 4 is 5.96 Å². The van der Waals surface area contributed by atoms with Crippen molar-refractivity contribution in [3.63, 3.8) is 0 Å². The Morgan fingerprint density at radius 1 is 1.41 bits per heavy atom. The predicted molar refractivity (Wildman–Crippen MR) is 65.1 cm³/mol. The smallest absolute Gasteiger partial charge is 0.191 e. The van der Waals surface area contributed by atoms with Crippen LogP contribution in [-0.2, 0) is 0 Å². The van der Waals surface area contributed by atoms with Gasteiger partial charge in [-0.1, -0.05) is 12.1 Å². The standard InChI is InChI=1S/C13H16FN3/c14-11-3-1-2-10(6-11)12-7-16-13(15)17(12)8-9-4-5-9/h1-3,6,9,12H,4-5,7-8H2,(H2,15,16). The van der Waals surface area contributed by atoms with Gasteiger partial charge in [-0.15, -0.1) is 0 Å². The highest BCUT2D eigenvalue weighted by atomic mass is 19.1. The van der Waals surface area contributed by atoms with E-state index in [-0.39, 0.29) is 11.9 Å². The fraction of sp³-hybridized carbons (Fsp3) is 0.462. The van der Waals surface area contributed by atoms with Crippen LogP contribution in [0.5, 0.6) is 0 Å². The van der Waals surface area contributed by atoms with Gasteiger partial charge in [-0.2, -0.15) is 0 Å². The number of aliphatic imine (C=N–C) groups is 1. The van der Waals surface area contributed by atoms with Crippen molar-refractivity contribution in [3.8, 4) is 0 Å². The molecule has 1 aromatic rings. The normalized spacial score (nSPS) is 23.9. The number of hydrogen-bond donors (Lipinski definition) is 1. The zero-order valence-electron chi connectivity index (χ0n) is 9.64. The molecule has 2 N–H and O–H groups in total. The molecule has 17 heavy (non-hydrogen) atoms. The van der Waals surface area contributed by atoms with Crippen molar-refractivity contribution in [2.45, 2.75) is 18.9 Å². The van der Waals surface area contributed by atoms with E-state index in [1.54, 1.807) is 12.1 Å². The molecule has 3 nitrogen and oxygen atoms in total. The summed E-state index contributed by atoms with van der Waals surface area (Å²) < 4.78 is 13.2. The third-order valence-electron chi connectivity index (χ3n) is 3.48. The molecular formula is C13H16FN3. The number of nitrogens with two attached hydrogens (primary N) is 1. The van der Waals surface area contributed by atoms with Gasteiger partial charge in [0.2, 0.25) is 0 Å². The average molecular weight is 233 g/mol. The lowest BCUT2D eigenvalue weighted by Crippen LogP contribution is -2.37. The largest absolute Gasteiger partial charge is 0.370 e. The molecular weight excluding hydrogens is 217 g/mol. The molecule has 0 spiro atoms. The third-order valence-corrected chi connectivity index (χ3v) is 3.48. The molecule has 0 radical (unpaired) electrons. The van der Waals surface area contributed by atoms with E-state index in [1.165, 1.54) is 18.9 Å². The number of nitrogens with zero attached hydrogens (tertiary/aromatic N) is 2. The molecule has 1 atom stereocenters. The van der Waals surface area contributed by atoms with Crippen LogP contribution in [0.15, 0.2) is 29.3 Å². The third kappa shape index (κ3) is 2.12. The predicted octanol–water partition coefficient (Wildman–Crippen LogP) is 1.91. The number of benzene rings is 1. The van der Waals surface area contributed by atoms with Crippen LogP contribution in [0.4, 0.5) is 4.39 Å². The van der Waals surface area contributed by atoms with Gasteiger partial charge < -0.3 is 10.6 Å². The number of rotatable bonds is 3. The number of hydrogen-bond acceptors (Lipinski definition) is 3. The van der Waals surface area contributed by atoms with E-state index < -0.39 is 0 Å². The Morgan fingerprint density at radius 2 is 2.24 bits per heavy atom. The summed E-state index contributed by atoms with van der Waals surface area (Å²) in [4.78, 5) is 6.40. The van der Waals surface area contributed by atoms with E-state index in [2.05, 4.69) is 9.89 Å². The average Bonchev–Trinajstić information content (AvgIpc) is 3.04. The highest BCUT2D eigenvalue weighted by Gasteiger charge is 2.33. The van der Waals surface area contributed by atoms with Crippen LogP contribution in [0.1, 0.15) is 24.4 Å². The van der Waals surface area contributed by atoms with E-state index in [1.807, 2.05) is 6.07 Å². The summed E-state index contributed by atoms with van der Waals surface area (Å²) in [6, 6.07) is 6.86. The maximum absolute atomic E-state index is 13.2. The molecule has 1 saturated carbocycles. The van der Waals surface area contributed by atoms with Crippen LogP contribution in [0.3, 0.4) is 0 Å². The van der Waals surface area contributed by atoms with Crippen molar-refractivity contribution in [1.29, 1.82) is 0 Å². The van der Waals surface area contributed by atoms with Crippen molar-refractivity contribution in [3.05, 3.63) is 35.6 Å². The van der Waals surface area contributed by atoms with Crippen LogP contribution < -0.4 is 5.73 Å². The SMILES string of the molecule is NC1=NCC(c2cccc(F)c2)N1CC1CC1. The summed E-state index contributed by atoms with van der Waals surface area (Å²) in [5.41, 5.74) is 6.87. The fourth-order valence-electron chi connectivity index (χ4n) is 2.33. The molecule has 1 aliphatic heterocycles. The molecule has 0 bridgehead atoms. The monoisotopic (exact) mass is 233 g/mol. The first kappa shape index (κ1) is 10.6. The van der Waals surface area contributed by atoms with E-state index in [9.17, 15) is 4.39 Å². The molecule has 2 aliphatic rings. The molecule has 1 aliphatic carbocycles. The van der Waals surface area contributed by atoms with Crippen molar-refractivity contribution in [2.75, 3.05) is 13.1 Å². The Kier molecular flexibility index (Phi) is 2.50. The van der Waals surface area contributed by atoms with Gasteiger partial charge in [0.15, 0.2) is 5.96 Å². The zero-order chi connectivity index (χ0) is 11.8. The summed E-state index contributed by atoms with van der Waals surface area (Å²) in [6.07, 6.45) is 2.55. The van der Waals surface area contributed by atoms with Gasteiger partial charge in [-0.05, 0) is 36.5 Å². The maximum Gasteiger partial charge on any atom is 0.191 e. The van der Waals surface area contributed by atoms with E-state index in [0.717, 1.165) is 18.0 Å². The zero-order valence-corrected chi connectivity index (χ0v) is 9.64. The van der Waals surface area contributed by atoms with Crippen LogP contribution in [0, 0.1) is 11.7 Å². The minimum atomic E-state index is -0.195. The molecule has 4 heteroatoms. The van der Waals surface area contributed by atoms with E-state index >= 15 is 0 Å². The second-order valence-corrected chi connectivity index (χ2v) is 4.87. The summed E-state index contributed by atoms with van der Waals surface area (Å²) in [7, 11) is 0. The second-order valence-electron chi connectivity index (χ2n) is 4.87. The maximum atomic E-state index is 13.2. The van der Waals surface area contributed by atoms with Gasteiger partial charge in [0.05, 0.1) is 12.6 Å².